The molecular formula is C26H20ClNiP. The Labute approximate surface area is 184 Å². The third-order valence-corrected chi connectivity index (χ3v) is 9.86. The molecule has 0 aliphatic carbocycles. The van der Waals surface area contributed by atoms with Crippen molar-refractivity contribution in [1.29, 1.82) is 0 Å². The van der Waals surface area contributed by atoms with E-state index in [2.05, 4.69) is 115 Å². The zero-order chi connectivity index (χ0) is 18.8. The van der Waals surface area contributed by atoms with Gasteiger partial charge in [0.15, 0.2) is 0 Å². The van der Waals surface area contributed by atoms with Crippen LogP contribution in [0, 0.1) is 0 Å². The van der Waals surface area contributed by atoms with Crippen LogP contribution in [-0.4, -0.2) is 0 Å². The number of rotatable bonds is 4. The van der Waals surface area contributed by atoms with Crippen molar-refractivity contribution >= 4 is 55.8 Å². The van der Waals surface area contributed by atoms with Crippen LogP contribution in [0.15, 0.2) is 115 Å². The van der Waals surface area contributed by atoms with E-state index in [0.29, 0.717) is 0 Å². The van der Waals surface area contributed by atoms with E-state index in [1.807, 2.05) is 0 Å². The molecule has 0 saturated carbocycles. The van der Waals surface area contributed by atoms with Gasteiger partial charge < -0.3 is 0 Å². The summed E-state index contributed by atoms with van der Waals surface area (Å²) < 4.78 is 1.40. The van der Waals surface area contributed by atoms with Gasteiger partial charge >= 0.3 is 173 Å². The number of hydrogen-bond acceptors (Lipinski definition) is 0. The van der Waals surface area contributed by atoms with E-state index in [0.717, 1.165) is 0 Å². The molecule has 29 heavy (non-hydrogen) atoms. The third kappa shape index (κ3) is 4.10. The molecule has 0 heterocycles. The molecule has 0 radical (unpaired) electrons. The van der Waals surface area contributed by atoms with Crippen molar-refractivity contribution in [2.24, 2.45) is 0 Å². The Bertz CT molecular complexity index is 1150. The van der Waals surface area contributed by atoms with Gasteiger partial charge in [-0.3, -0.25) is 0 Å². The van der Waals surface area contributed by atoms with Crippen molar-refractivity contribution < 1.29 is 14.0 Å². The number of benzene rings is 5. The summed E-state index contributed by atoms with van der Waals surface area (Å²) in [5.41, 5.74) is 0. The fourth-order valence-electron chi connectivity index (χ4n) is 3.41. The van der Waals surface area contributed by atoms with Gasteiger partial charge in [-0.05, 0) is 0 Å². The minimum absolute atomic E-state index is 0. The van der Waals surface area contributed by atoms with Gasteiger partial charge in [-0.15, -0.1) is 12.4 Å². The number of hydrogen-bond donors (Lipinski definition) is 0. The van der Waals surface area contributed by atoms with E-state index in [4.69, 9.17) is 0 Å². The van der Waals surface area contributed by atoms with E-state index in [9.17, 15) is 0 Å². The Morgan fingerprint density at radius 1 is 0.483 bits per heavy atom. The average molecular weight is 458 g/mol. The van der Waals surface area contributed by atoms with Gasteiger partial charge in [0.2, 0.25) is 0 Å². The molecule has 0 aliphatic heterocycles. The molecule has 0 amide bonds. The zero-order valence-electron chi connectivity index (χ0n) is 15.6. The fourth-order valence-corrected chi connectivity index (χ4v) is 8.47. The Kier molecular flexibility index (Phi) is 6.32. The van der Waals surface area contributed by atoms with Gasteiger partial charge in [0.05, 0.1) is 0 Å². The van der Waals surface area contributed by atoms with E-state index in [-0.39, 0.29) is 12.4 Å². The Balaban J connectivity index is 0.00000205. The molecule has 0 bridgehead atoms. The van der Waals surface area contributed by atoms with Gasteiger partial charge in [-0.1, -0.05) is 0 Å². The predicted octanol–water partition coefficient (Wildman–Crippen LogP) is 6.17. The fraction of sp³-hybridized carbons (Fsp3) is 0. The summed E-state index contributed by atoms with van der Waals surface area (Å²) in [6, 6.07) is 41.7. The van der Waals surface area contributed by atoms with Crippen LogP contribution in [0.2, 0.25) is 0 Å². The second kappa shape index (κ2) is 9.10. The first-order valence-corrected chi connectivity index (χ1v) is 12.3. The summed E-state index contributed by atoms with van der Waals surface area (Å²) in [5, 5.41) is 8.12. The van der Waals surface area contributed by atoms with E-state index in [1.165, 1.54) is 36.7 Å². The summed E-state index contributed by atoms with van der Waals surface area (Å²) in [6.07, 6.45) is 0. The maximum absolute atomic E-state index is 2.31. The van der Waals surface area contributed by atoms with Crippen LogP contribution in [0.25, 0.3) is 21.5 Å². The van der Waals surface area contributed by atoms with Crippen molar-refractivity contribution in [2.45, 2.75) is 0 Å². The van der Waals surface area contributed by atoms with E-state index in [1.54, 1.807) is 14.0 Å². The van der Waals surface area contributed by atoms with Crippen LogP contribution in [0.4, 0.5) is 0 Å². The van der Waals surface area contributed by atoms with Crippen molar-refractivity contribution in [3.63, 3.8) is 0 Å². The first-order chi connectivity index (χ1) is 13.9. The number of fused-ring (bicyclic) bond motifs is 2. The molecule has 0 N–H and O–H groups in total. The van der Waals surface area contributed by atoms with Crippen LogP contribution in [0.5, 0.6) is 0 Å². The van der Waals surface area contributed by atoms with E-state index >= 15 is 0 Å². The predicted molar refractivity (Wildman–Crippen MR) is 127 cm³/mol. The van der Waals surface area contributed by atoms with Crippen LogP contribution < -0.4 is 15.1 Å². The van der Waals surface area contributed by atoms with E-state index < -0.39 is 6.70 Å². The van der Waals surface area contributed by atoms with Crippen LogP contribution >= 0.6 is 19.1 Å². The molecule has 146 valence electrons. The summed E-state index contributed by atoms with van der Waals surface area (Å²) in [5.74, 6) is 0. The Hall–Kier alpha value is -2.17. The molecule has 0 fully saturated rings. The molecule has 0 saturated heterocycles. The van der Waals surface area contributed by atoms with Crippen molar-refractivity contribution in [1.82, 2.24) is 0 Å². The second-order valence-electron chi connectivity index (χ2n) is 6.60. The zero-order valence-corrected chi connectivity index (χ0v) is 18.3. The monoisotopic (exact) mass is 456 g/mol. The van der Waals surface area contributed by atoms with Gasteiger partial charge in [0, 0.05) is 0 Å². The standard InChI is InChI=1S/C14H9.C12H10P.ClH.Ni/c1-2-6-12-10-14-8-4-3-7-13(14)9-11(12)5-1;1-3-7-11(8-4-1)13-12-9-5-2-6-10-12;;/h1-9H;1-10H;1H;/q;-1;;+1. The van der Waals surface area contributed by atoms with Gasteiger partial charge in [0.25, 0.3) is 0 Å². The molecule has 0 spiro atoms. The molecule has 0 atom stereocenters. The average Bonchev–Trinajstić information content (AvgIpc) is 2.78. The van der Waals surface area contributed by atoms with Crippen molar-refractivity contribution in [3.05, 3.63) is 115 Å². The molecule has 5 rings (SSSR count). The molecule has 3 heteroatoms. The molecule has 5 aromatic rings. The molecule has 0 aliphatic rings. The Morgan fingerprint density at radius 2 is 0.897 bits per heavy atom. The quantitative estimate of drug-likeness (QED) is 0.172. The topological polar surface area (TPSA) is 0 Å². The summed E-state index contributed by atoms with van der Waals surface area (Å²) in [4.78, 5) is 0. The number of halogens is 1. The maximum atomic E-state index is 2.31. The summed E-state index contributed by atoms with van der Waals surface area (Å²) in [7, 11) is 0. The van der Waals surface area contributed by atoms with Crippen LogP contribution in [-0.2, 0) is 14.0 Å². The normalized spacial score (nSPS) is 11.1. The molecular weight excluding hydrogens is 437 g/mol. The van der Waals surface area contributed by atoms with Gasteiger partial charge in [0.1, 0.15) is 0 Å². The van der Waals surface area contributed by atoms with Crippen molar-refractivity contribution in [2.75, 3.05) is 0 Å². The first-order valence-electron chi connectivity index (χ1n) is 9.30. The molecule has 0 nitrogen and oxygen atoms in total. The van der Waals surface area contributed by atoms with Gasteiger partial charge in [-0.2, -0.15) is 0 Å². The first kappa shape index (κ1) is 20.1. The molecule has 0 aromatic heterocycles. The van der Waals surface area contributed by atoms with Crippen molar-refractivity contribution in [3.8, 4) is 0 Å². The molecule has 5 aromatic carbocycles. The molecule has 0 unspecified atom stereocenters. The summed E-state index contributed by atoms with van der Waals surface area (Å²) in [6.45, 7) is -0.536. The second-order valence-corrected chi connectivity index (χ2v) is 10.8. The van der Waals surface area contributed by atoms with Crippen LogP contribution in [0.3, 0.4) is 0 Å². The van der Waals surface area contributed by atoms with Gasteiger partial charge in [-0.25, -0.2) is 0 Å². The van der Waals surface area contributed by atoms with Crippen LogP contribution in [0.1, 0.15) is 0 Å². The SMILES string of the molecule is Cl.c1ccc([P]([Ni][c]2c3ccccc3cc3ccccc23)c2ccccc2)cc1. The third-order valence-electron chi connectivity index (χ3n) is 4.75. The summed E-state index contributed by atoms with van der Waals surface area (Å²) >= 11 is 1.78. The Morgan fingerprint density at radius 3 is 1.38 bits per heavy atom. The minimum atomic E-state index is -0.536.